The molecule has 0 aromatic carbocycles. The van der Waals surface area contributed by atoms with Crippen LogP contribution < -0.4 is 0 Å². The number of rotatable bonds is 12. The van der Waals surface area contributed by atoms with Crippen LogP contribution in [0.4, 0.5) is 0 Å². The van der Waals surface area contributed by atoms with Crippen LogP contribution in [0.15, 0.2) is 0 Å². The quantitative estimate of drug-likeness (QED) is 0.235. The van der Waals surface area contributed by atoms with Gasteiger partial charge in [-0.15, -0.1) is 0 Å². The van der Waals surface area contributed by atoms with Crippen molar-refractivity contribution in [1.29, 1.82) is 0 Å². The van der Waals surface area contributed by atoms with Crippen molar-refractivity contribution in [2.45, 2.75) is 140 Å². The highest BCUT2D eigenvalue weighted by Gasteiger charge is 2.54. The van der Waals surface area contributed by atoms with Crippen LogP contribution >= 0.6 is 0 Å². The third-order valence-corrected chi connectivity index (χ3v) is 9.73. The highest BCUT2D eigenvalue weighted by atomic mass is 28.4. The minimum absolute atomic E-state index is 0.381. The Morgan fingerprint density at radius 1 is 0.487 bits per heavy atom. The van der Waals surface area contributed by atoms with Gasteiger partial charge in [0.25, 0.3) is 0 Å². The predicted octanol–water partition coefficient (Wildman–Crippen LogP) is 2.04. The second-order valence-corrected chi connectivity index (χ2v) is 32.2. The molecule has 2 heterocycles. The second-order valence-electron chi connectivity index (χ2n) is 14.3. The summed E-state index contributed by atoms with van der Waals surface area (Å²) in [6.07, 6.45) is -9.93. The Morgan fingerprint density at radius 2 is 0.744 bits per heavy atom. The number of ether oxygens (including phenoxy) is 3. The molecule has 232 valence electrons. The zero-order valence-electron chi connectivity index (χ0n) is 25.8. The Balaban J connectivity index is 2.38. The summed E-state index contributed by atoms with van der Waals surface area (Å²) in [5.74, 6) is 0. The number of aliphatic hydroxyl groups is 4. The van der Waals surface area contributed by atoms with E-state index in [1.807, 2.05) is 78.6 Å². The van der Waals surface area contributed by atoms with Gasteiger partial charge in [-0.3, -0.25) is 0 Å². The van der Waals surface area contributed by atoms with Crippen LogP contribution in [0.3, 0.4) is 0 Å². The molecule has 2 aliphatic rings. The molecule has 11 nitrogen and oxygen atoms in total. The van der Waals surface area contributed by atoms with E-state index in [1.54, 1.807) is 0 Å². The van der Waals surface area contributed by atoms with E-state index in [4.69, 9.17) is 31.9 Å². The summed E-state index contributed by atoms with van der Waals surface area (Å²) in [7, 11) is -8.62. The van der Waals surface area contributed by atoms with Gasteiger partial charge in [-0.05, 0) is 78.6 Å². The molecular formula is C24H54O11Si4. The summed E-state index contributed by atoms with van der Waals surface area (Å²) >= 11 is 0. The summed E-state index contributed by atoms with van der Waals surface area (Å²) in [6.45, 7) is 23.3. The Morgan fingerprint density at radius 3 is 0.974 bits per heavy atom. The molecule has 0 saturated carbocycles. The Bertz CT molecular complexity index is 703. The van der Waals surface area contributed by atoms with E-state index >= 15 is 0 Å². The molecule has 2 unspecified atom stereocenters. The van der Waals surface area contributed by atoms with Gasteiger partial charge >= 0.3 is 0 Å². The van der Waals surface area contributed by atoms with Gasteiger partial charge in [0.2, 0.25) is 0 Å². The number of hydrogen-bond donors (Lipinski definition) is 4. The molecule has 10 atom stereocenters. The van der Waals surface area contributed by atoms with Crippen molar-refractivity contribution in [2.75, 3.05) is 13.2 Å². The standard InChI is InChI=1S/C24H54O11Si4/c1-36(2,3)32-19-15(13-25)29-23(17(27)21(19)34-38(7,8)9)31-24-18(28)22(35-39(10,11)12)20(16(14-26)30-24)33-37(4,5)6/h15-28H,13-14H2,1-12H3/t15-,16-,17-,18-,19-,20-,21-,22-,23?,24?/m1/s1. The van der Waals surface area contributed by atoms with Crippen LogP contribution in [-0.2, 0) is 31.9 Å². The van der Waals surface area contributed by atoms with Crippen LogP contribution in [0.1, 0.15) is 0 Å². The summed E-state index contributed by atoms with van der Waals surface area (Å²) in [4.78, 5) is 0. The van der Waals surface area contributed by atoms with E-state index in [0.717, 1.165) is 0 Å². The van der Waals surface area contributed by atoms with Crippen molar-refractivity contribution < 1.29 is 52.3 Å². The molecule has 0 aromatic heterocycles. The van der Waals surface area contributed by atoms with Crippen LogP contribution in [0.2, 0.25) is 78.6 Å². The SMILES string of the molecule is C[Si](C)(C)O[C@H]1[C@H](O[Si](C)(C)C)[C@@H](O)C(OC2O[C@H](CO)[C@@H](O[Si](C)(C)C)[C@H](O[Si](C)(C)C)[C@H]2O)O[C@@H]1CO. The molecule has 0 aliphatic carbocycles. The Hall–Kier alpha value is 0.428. The zero-order valence-corrected chi connectivity index (χ0v) is 29.8. The molecule has 0 aromatic rings. The molecule has 0 spiro atoms. The van der Waals surface area contributed by atoms with E-state index in [1.165, 1.54) is 0 Å². The van der Waals surface area contributed by atoms with Crippen LogP contribution in [0, 0.1) is 0 Å². The maximum absolute atomic E-state index is 11.4. The molecule has 39 heavy (non-hydrogen) atoms. The van der Waals surface area contributed by atoms with Crippen molar-refractivity contribution >= 4 is 33.3 Å². The molecule has 2 rings (SSSR count). The molecule has 0 bridgehead atoms. The highest BCUT2D eigenvalue weighted by molar-refractivity contribution is 6.71. The van der Waals surface area contributed by atoms with Crippen molar-refractivity contribution in [3.8, 4) is 0 Å². The van der Waals surface area contributed by atoms with Gasteiger partial charge in [0, 0.05) is 0 Å². The van der Waals surface area contributed by atoms with E-state index in [0.29, 0.717) is 0 Å². The van der Waals surface area contributed by atoms with Gasteiger partial charge in [0.1, 0.15) is 48.8 Å². The summed E-state index contributed by atoms with van der Waals surface area (Å²) in [6, 6.07) is 0. The molecule has 2 fully saturated rings. The summed E-state index contributed by atoms with van der Waals surface area (Å²) in [5, 5.41) is 43.3. The average Bonchev–Trinajstić information content (AvgIpc) is 2.73. The molecule has 0 radical (unpaired) electrons. The molecule has 0 amide bonds. The van der Waals surface area contributed by atoms with Crippen molar-refractivity contribution in [3.63, 3.8) is 0 Å². The van der Waals surface area contributed by atoms with E-state index in [9.17, 15) is 20.4 Å². The first kappa shape index (κ1) is 35.6. The van der Waals surface area contributed by atoms with Crippen LogP contribution in [0.5, 0.6) is 0 Å². The summed E-state index contributed by atoms with van der Waals surface area (Å²) < 4.78 is 43.5. The van der Waals surface area contributed by atoms with Gasteiger partial charge in [0.15, 0.2) is 45.8 Å². The number of hydrogen-bond acceptors (Lipinski definition) is 11. The lowest BCUT2D eigenvalue weighted by Crippen LogP contribution is -2.67. The maximum atomic E-state index is 11.4. The lowest BCUT2D eigenvalue weighted by atomic mass is 9.98. The van der Waals surface area contributed by atoms with Crippen molar-refractivity contribution in [2.24, 2.45) is 0 Å². The molecule has 15 heteroatoms. The third-order valence-electron chi connectivity index (χ3n) is 5.82. The first-order valence-corrected chi connectivity index (χ1v) is 27.4. The largest absolute Gasteiger partial charge is 0.409 e. The van der Waals surface area contributed by atoms with Crippen LogP contribution in [-0.4, -0.2) is 128 Å². The molecule has 2 aliphatic heterocycles. The normalized spacial score (nSPS) is 37.2. The van der Waals surface area contributed by atoms with Crippen molar-refractivity contribution in [3.05, 3.63) is 0 Å². The Kier molecular flexibility index (Phi) is 12.2. The van der Waals surface area contributed by atoms with Gasteiger partial charge in [-0.2, -0.15) is 0 Å². The Labute approximate surface area is 238 Å². The number of aliphatic hydroxyl groups excluding tert-OH is 4. The summed E-state index contributed by atoms with van der Waals surface area (Å²) in [5.41, 5.74) is 0. The highest BCUT2D eigenvalue weighted by Crippen LogP contribution is 2.35. The van der Waals surface area contributed by atoms with E-state index in [-0.39, 0.29) is 13.2 Å². The monoisotopic (exact) mass is 630 g/mol. The minimum Gasteiger partial charge on any atom is -0.409 e. The third kappa shape index (κ3) is 10.9. The lowest BCUT2D eigenvalue weighted by molar-refractivity contribution is -0.372. The first-order chi connectivity index (χ1) is 17.5. The molecular weight excluding hydrogens is 577 g/mol. The van der Waals surface area contributed by atoms with Gasteiger partial charge in [0.05, 0.1) is 13.2 Å². The van der Waals surface area contributed by atoms with Gasteiger partial charge < -0.3 is 52.3 Å². The average molecular weight is 631 g/mol. The first-order valence-electron chi connectivity index (χ1n) is 13.8. The van der Waals surface area contributed by atoms with Gasteiger partial charge in [-0.1, -0.05) is 0 Å². The van der Waals surface area contributed by atoms with E-state index in [2.05, 4.69) is 0 Å². The van der Waals surface area contributed by atoms with Gasteiger partial charge in [-0.25, -0.2) is 0 Å². The minimum atomic E-state index is -2.19. The van der Waals surface area contributed by atoms with Crippen molar-refractivity contribution in [1.82, 2.24) is 0 Å². The smallest absolute Gasteiger partial charge is 0.189 e. The predicted molar refractivity (Wildman–Crippen MR) is 157 cm³/mol. The molecule has 4 N–H and O–H groups in total. The molecule has 2 saturated heterocycles. The van der Waals surface area contributed by atoms with Crippen LogP contribution in [0.25, 0.3) is 0 Å². The fourth-order valence-electron chi connectivity index (χ4n) is 4.63. The topological polar surface area (TPSA) is 146 Å². The maximum Gasteiger partial charge on any atom is 0.189 e. The fraction of sp³-hybridized carbons (Fsp3) is 1.00. The lowest BCUT2D eigenvalue weighted by Gasteiger charge is -2.50. The zero-order chi connectivity index (χ0) is 30.1. The fourth-order valence-corrected chi connectivity index (χ4v) is 9.01. The van der Waals surface area contributed by atoms with E-state index < -0.39 is 94.7 Å². The second kappa shape index (κ2) is 13.4.